The fraction of sp³-hybridized carbons (Fsp3) is 1.00. The maximum absolute atomic E-state index is 2.21. The van der Waals surface area contributed by atoms with Crippen molar-refractivity contribution in [3.63, 3.8) is 0 Å². The van der Waals surface area contributed by atoms with Gasteiger partial charge in [-0.05, 0) is 0 Å². The Bertz CT molecular complexity index is 22.8. The van der Waals surface area contributed by atoms with Crippen LogP contribution in [0.1, 0.15) is 6.92 Å². The van der Waals surface area contributed by atoms with Gasteiger partial charge in [0.2, 0.25) is 0 Å². The van der Waals surface area contributed by atoms with Crippen molar-refractivity contribution < 1.29 is 69.8 Å². The van der Waals surface area contributed by atoms with E-state index in [0.29, 0.717) is 0 Å². The Morgan fingerprint density at radius 3 is 1.75 bits per heavy atom. The van der Waals surface area contributed by atoms with Crippen LogP contribution in [0.15, 0.2) is 0 Å². The summed E-state index contributed by atoms with van der Waals surface area (Å²) < 4.78 is 0. The van der Waals surface area contributed by atoms with Gasteiger partial charge >= 0.3 is 45.0 Å². The van der Waals surface area contributed by atoms with E-state index in [0.717, 1.165) is 0 Å². The third-order valence-electron chi connectivity index (χ3n) is 0.707. The Hall–Kier alpha value is 2.24. The maximum atomic E-state index is 2.21. The van der Waals surface area contributed by atoms with Crippen LogP contribution in [-0.4, -0.2) is 22.0 Å². The van der Waals surface area contributed by atoms with Crippen molar-refractivity contribution in [3.05, 3.63) is 0 Å². The van der Waals surface area contributed by atoms with Gasteiger partial charge in [-0.15, -0.1) is 0 Å². The van der Waals surface area contributed by atoms with Crippen LogP contribution in [0.2, 0.25) is 6.32 Å². The van der Waals surface area contributed by atoms with Gasteiger partial charge in [0.25, 0.3) is 0 Å². The molecular formula is C2H9B3Cl2Ra. The van der Waals surface area contributed by atoms with Gasteiger partial charge in [-0.1, -0.05) is 13.2 Å². The summed E-state index contributed by atoms with van der Waals surface area (Å²) in [4.78, 5) is 0. The van der Waals surface area contributed by atoms with E-state index < -0.39 is 0 Å². The molecule has 0 aromatic carbocycles. The molecule has 0 unspecified atom stereocenters. The molecule has 0 aromatic rings. The molecule has 0 aliphatic carbocycles. The van der Waals surface area contributed by atoms with Crippen molar-refractivity contribution in [2.75, 3.05) is 0 Å². The number of rotatable bonds is 2. The van der Waals surface area contributed by atoms with Crippen molar-refractivity contribution >= 4 is 22.0 Å². The molecule has 0 saturated heterocycles. The molecule has 0 N–H and O–H groups in total. The van der Waals surface area contributed by atoms with Crippen LogP contribution in [-0.2, 0) is 0 Å². The van der Waals surface area contributed by atoms with Gasteiger partial charge in [0.15, 0.2) is 0 Å². The predicted molar refractivity (Wildman–Crippen MR) is 33.3 cm³/mol. The first-order valence-electron chi connectivity index (χ1n) is 2.41. The van der Waals surface area contributed by atoms with Gasteiger partial charge in [0.05, 0.1) is 22.0 Å². The van der Waals surface area contributed by atoms with Crippen LogP contribution in [0.5, 0.6) is 0 Å². The van der Waals surface area contributed by atoms with E-state index in [1.165, 1.54) is 20.6 Å². The second-order valence-electron chi connectivity index (χ2n) is 1.35. The zero-order chi connectivity index (χ0) is 4.12. The van der Waals surface area contributed by atoms with E-state index >= 15 is 0 Å². The second kappa shape index (κ2) is 22.8. The molecule has 42 valence electrons. The molecular weight excluding hydrogens is 353 g/mol. The molecule has 0 rings (SSSR count). The number of halogens is 2. The van der Waals surface area contributed by atoms with Crippen molar-refractivity contribution in [1.29, 1.82) is 0 Å². The summed E-state index contributed by atoms with van der Waals surface area (Å²) in [5.41, 5.74) is 0. The van der Waals surface area contributed by atoms with Gasteiger partial charge in [0, 0.05) is 0 Å². The molecule has 8 heavy (non-hydrogen) atoms. The molecule has 0 fully saturated rings. The minimum Gasteiger partial charge on any atom is -1.00 e. The van der Waals surface area contributed by atoms with Crippen LogP contribution in [0.25, 0.3) is 0 Å². The van der Waals surface area contributed by atoms with Gasteiger partial charge in [-0.25, -0.2) is 0 Å². The molecule has 0 atom stereocenters. The van der Waals surface area contributed by atoms with Crippen LogP contribution in [0.3, 0.4) is 0 Å². The summed E-state index contributed by atoms with van der Waals surface area (Å²) in [5.74, 6) is 0. The van der Waals surface area contributed by atoms with Gasteiger partial charge in [-0.3, -0.25) is 0 Å². The Balaban J connectivity index is -0.0000000267. The molecule has 6 heteroatoms. The summed E-state index contributed by atoms with van der Waals surface area (Å²) >= 11 is 0. The SMILES string of the molecule is BBBCC.[Cl-].[Cl-].[Ra+2]. The first-order valence-corrected chi connectivity index (χ1v) is 2.41. The zero-order valence-corrected chi connectivity index (χ0v) is 12.9. The number of hydrogen-bond acceptors (Lipinski definition) is 0. The molecule has 0 aliphatic heterocycles. The van der Waals surface area contributed by atoms with Crippen LogP contribution >= 0.6 is 0 Å². The molecule has 0 nitrogen and oxygen atoms in total. The summed E-state index contributed by atoms with van der Waals surface area (Å²) in [6.07, 6.45) is 1.34. The van der Waals surface area contributed by atoms with Crippen LogP contribution in [0.4, 0.5) is 0 Å². The van der Waals surface area contributed by atoms with E-state index in [9.17, 15) is 0 Å². The minimum absolute atomic E-state index is 0. The third-order valence-corrected chi connectivity index (χ3v) is 0.707. The number of hydrogen-bond donors (Lipinski definition) is 0. The average Bonchev–Trinajstić information content (AvgIpc) is 1.41. The summed E-state index contributed by atoms with van der Waals surface area (Å²) in [6, 6.07) is 0. The zero-order valence-electron chi connectivity index (χ0n) is 5.58. The molecule has 0 radical (unpaired) electrons. The van der Waals surface area contributed by atoms with E-state index in [2.05, 4.69) is 14.7 Å². The quantitative estimate of drug-likeness (QED) is 0.429. The Morgan fingerprint density at radius 1 is 1.38 bits per heavy atom. The largest absolute Gasteiger partial charge is 2.00 e. The third kappa shape index (κ3) is 24.0. The Kier molecular flexibility index (Phi) is 64.1. The van der Waals surface area contributed by atoms with Gasteiger partial charge in [0.1, 0.15) is 0 Å². The fourth-order valence-electron chi connectivity index (χ4n) is 0.354. The summed E-state index contributed by atoms with van der Waals surface area (Å²) in [7, 11) is 4.94. The first-order chi connectivity index (χ1) is 2.41. The Morgan fingerprint density at radius 2 is 1.75 bits per heavy atom. The van der Waals surface area contributed by atoms with E-state index in [-0.39, 0.29) is 69.8 Å². The van der Waals surface area contributed by atoms with E-state index in [1.807, 2.05) is 0 Å². The molecule has 0 bridgehead atoms. The van der Waals surface area contributed by atoms with Gasteiger partial charge in [-0.2, -0.15) is 0 Å². The average molecular weight is 362 g/mol. The van der Waals surface area contributed by atoms with Crippen LogP contribution < -0.4 is 24.8 Å². The Labute approximate surface area is 103 Å². The second-order valence-corrected chi connectivity index (χ2v) is 1.35. The first kappa shape index (κ1) is 22.5. The monoisotopic (exact) mass is 362 g/mol. The summed E-state index contributed by atoms with van der Waals surface area (Å²) in [6.45, 7) is 2.21. The standard InChI is InChI=1S/C2H9B3.2ClH.Ra/c1-2-4-5-3;;;/h4-5H,2-3H2,1H3;2*1H;/q;;;+2/p-2. The normalized spacial score (nSPS) is 4.12. The van der Waals surface area contributed by atoms with E-state index in [4.69, 9.17) is 0 Å². The molecule has 0 heterocycles. The topological polar surface area (TPSA) is 0 Å². The maximum Gasteiger partial charge on any atom is 2.00 e. The van der Waals surface area contributed by atoms with E-state index in [1.54, 1.807) is 0 Å². The van der Waals surface area contributed by atoms with Crippen molar-refractivity contribution in [1.82, 2.24) is 0 Å². The molecule has 0 saturated carbocycles. The van der Waals surface area contributed by atoms with Crippen molar-refractivity contribution in [3.8, 4) is 0 Å². The van der Waals surface area contributed by atoms with Gasteiger partial charge < -0.3 is 24.8 Å². The molecule has 0 spiro atoms. The fourth-order valence-corrected chi connectivity index (χ4v) is 0.354. The van der Waals surface area contributed by atoms with Crippen molar-refractivity contribution in [2.45, 2.75) is 13.2 Å². The smallest absolute Gasteiger partial charge is 1.00 e. The summed E-state index contributed by atoms with van der Waals surface area (Å²) in [5, 5.41) is 0. The molecule has 0 aliphatic rings. The predicted octanol–water partition coefficient (Wildman–Crippen LogP) is -7.23. The van der Waals surface area contributed by atoms with Crippen LogP contribution in [0, 0.1) is 45.0 Å². The molecule has 0 amide bonds. The minimum atomic E-state index is 0. The van der Waals surface area contributed by atoms with Crippen molar-refractivity contribution in [2.24, 2.45) is 0 Å². The molecule has 0 aromatic heterocycles.